The van der Waals surface area contributed by atoms with Gasteiger partial charge in [0, 0.05) is 37.3 Å². The Hall–Kier alpha value is -3.87. The maximum absolute atomic E-state index is 13.7. The summed E-state index contributed by atoms with van der Waals surface area (Å²) in [5.41, 5.74) is 0.770. The first-order valence-electron chi connectivity index (χ1n) is 22.2. The second kappa shape index (κ2) is 26.0. The molecule has 0 aliphatic carbocycles. The molecule has 0 aromatic carbocycles. The summed E-state index contributed by atoms with van der Waals surface area (Å²) in [4.78, 5) is 58.5. The van der Waals surface area contributed by atoms with E-state index in [-0.39, 0.29) is 25.7 Å². The van der Waals surface area contributed by atoms with Gasteiger partial charge in [-0.1, -0.05) is 116 Å². The minimum Gasteiger partial charge on any atom is -0.463 e. The highest BCUT2D eigenvalue weighted by Crippen LogP contribution is 2.36. The van der Waals surface area contributed by atoms with Gasteiger partial charge < -0.3 is 23.7 Å². The van der Waals surface area contributed by atoms with Gasteiger partial charge >= 0.3 is 23.9 Å². The normalized spacial score (nSPS) is 23.0. The van der Waals surface area contributed by atoms with Crippen molar-refractivity contribution in [2.75, 3.05) is 6.61 Å². The van der Waals surface area contributed by atoms with Crippen LogP contribution in [0.25, 0.3) is 11.4 Å². The molecule has 13 heteroatoms. The van der Waals surface area contributed by atoms with Gasteiger partial charge in [-0.15, -0.1) is 5.10 Å². The Balaban J connectivity index is 2.14. The second-order valence-electron chi connectivity index (χ2n) is 13.5. The molecule has 2 aromatic rings. The van der Waals surface area contributed by atoms with Gasteiger partial charge in [0.2, 0.25) is 0 Å². The summed E-state index contributed by atoms with van der Waals surface area (Å²) >= 11 is 0. The fourth-order valence-corrected chi connectivity index (χ4v) is 5.90. The third-order valence-corrected chi connectivity index (χ3v) is 8.93. The first-order chi connectivity index (χ1) is 27.9. The van der Waals surface area contributed by atoms with Crippen LogP contribution in [0.5, 0.6) is 0 Å². The van der Waals surface area contributed by atoms with Crippen LogP contribution < -0.4 is 0 Å². The van der Waals surface area contributed by atoms with Crippen LogP contribution in [0, 0.1) is 0 Å². The van der Waals surface area contributed by atoms with E-state index in [1.165, 1.54) is 10.9 Å². The zero-order valence-electron chi connectivity index (χ0n) is 36.6. The largest absolute Gasteiger partial charge is 0.463 e. The number of nitrogens with zero attached hydrogens (tertiary/aromatic N) is 4. The molecule has 1 aliphatic heterocycles. The molecular weight excluding hydrogens is 692 g/mol. The molecule has 13 nitrogen and oxygen atoms in total. The third kappa shape index (κ3) is 15.8. The number of ether oxygens (including phenoxy) is 5. The highest BCUT2D eigenvalue weighted by Gasteiger charge is 2.53. The first-order valence-corrected chi connectivity index (χ1v) is 19.9. The molecule has 5 unspecified atom stereocenters. The quantitative estimate of drug-likeness (QED) is 0.0487. The monoisotopic (exact) mass is 760 g/mol. The summed E-state index contributed by atoms with van der Waals surface area (Å²) in [6.45, 7) is 7.41. The van der Waals surface area contributed by atoms with Crippen molar-refractivity contribution in [3.8, 4) is 11.4 Å². The number of hydrogen-bond donors (Lipinski definition) is 0. The van der Waals surface area contributed by atoms with E-state index in [0.717, 1.165) is 51.4 Å². The molecule has 0 spiro atoms. The Morgan fingerprint density at radius 2 is 1.15 bits per heavy atom. The lowest BCUT2D eigenvalue weighted by atomic mass is 9.96. The van der Waals surface area contributed by atoms with Gasteiger partial charge in [-0.25, -0.2) is 4.68 Å². The summed E-state index contributed by atoms with van der Waals surface area (Å²) in [7, 11) is 0. The van der Waals surface area contributed by atoms with Crippen molar-refractivity contribution in [1.29, 1.82) is 0 Å². The number of unbranched alkanes of at least 4 members (excludes halogenated alkanes) is 8. The van der Waals surface area contributed by atoms with Crippen LogP contribution in [-0.2, 0) is 42.9 Å². The smallest absolute Gasteiger partial charge is 0.306 e. The summed E-state index contributed by atoms with van der Waals surface area (Å²) in [6.07, 6.45) is -0.0515. The lowest BCUT2D eigenvalue weighted by Crippen LogP contribution is -2.61. The molecule has 3 heterocycles. The summed E-state index contributed by atoms with van der Waals surface area (Å²) in [6, 6.07) is 5.20. The zero-order chi connectivity index (χ0) is 42.5. The summed E-state index contributed by atoms with van der Waals surface area (Å²) in [5, 5.41) is 8.48. The molecule has 54 heavy (non-hydrogen) atoms. The topological polar surface area (TPSA) is 158 Å². The predicted molar refractivity (Wildman–Crippen MR) is 203 cm³/mol. The maximum atomic E-state index is 13.7. The van der Waals surface area contributed by atoms with Gasteiger partial charge in [0.1, 0.15) is 18.4 Å². The van der Waals surface area contributed by atoms with Gasteiger partial charge in [0.05, 0.1) is 11.9 Å². The highest BCUT2D eigenvalue weighted by atomic mass is 16.7. The molecule has 1 aliphatic rings. The van der Waals surface area contributed by atoms with E-state index < -0.39 is 86.7 Å². The molecular formula is C41H64N4O9. The van der Waals surface area contributed by atoms with Gasteiger partial charge in [-0.2, -0.15) is 0 Å². The minimum atomic E-state index is -1.67. The summed E-state index contributed by atoms with van der Waals surface area (Å²) in [5.74, 6) is -3.75. The molecule has 9 atom stereocenters. The van der Waals surface area contributed by atoms with Crippen LogP contribution in [0.15, 0.2) is 30.6 Å². The van der Waals surface area contributed by atoms with Crippen LogP contribution in [0.2, 0.25) is 0 Å². The van der Waals surface area contributed by atoms with Crippen LogP contribution >= 0.6 is 0 Å². The van der Waals surface area contributed by atoms with Crippen LogP contribution in [0.4, 0.5) is 0 Å². The van der Waals surface area contributed by atoms with Gasteiger partial charge in [-0.3, -0.25) is 24.2 Å². The molecule has 2 aromatic heterocycles. The summed E-state index contributed by atoms with van der Waals surface area (Å²) < 4.78 is 65.5. The van der Waals surface area contributed by atoms with E-state index in [9.17, 15) is 19.2 Å². The Labute approximate surface area is 327 Å². The predicted octanol–water partition coefficient (Wildman–Crippen LogP) is 8.40. The second-order valence-corrected chi connectivity index (χ2v) is 13.5. The van der Waals surface area contributed by atoms with Crippen molar-refractivity contribution in [2.45, 2.75) is 187 Å². The molecule has 1 fully saturated rings. The van der Waals surface area contributed by atoms with Gasteiger partial charge in [0.25, 0.3) is 0 Å². The maximum Gasteiger partial charge on any atom is 0.306 e. The average molecular weight is 761 g/mol. The van der Waals surface area contributed by atoms with Gasteiger partial charge in [-0.05, 0) is 37.8 Å². The number of pyridine rings is 1. The third-order valence-electron chi connectivity index (χ3n) is 8.93. The number of carbonyl (C=O) groups is 4. The Morgan fingerprint density at radius 1 is 0.648 bits per heavy atom. The van der Waals surface area contributed by atoms with Crippen LogP contribution in [0.1, 0.15) is 168 Å². The average Bonchev–Trinajstić information content (AvgIpc) is 3.72. The number of aromatic nitrogens is 4. The molecule has 3 rings (SSSR count). The molecule has 302 valence electrons. The van der Waals surface area contributed by atoms with E-state index in [0.29, 0.717) is 37.1 Å². The lowest BCUT2D eigenvalue weighted by molar-refractivity contribution is -0.272. The van der Waals surface area contributed by atoms with Crippen molar-refractivity contribution >= 4 is 23.9 Å². The fraction of sp³-hybridized carbons (Fsp3) is 0.732. The fourth-order valence-electron chi connectivity index (χ4n) is 5.90. The van der Waals surface area contributed by atoms with Gasteiger partial charge in [0.15, 0.2) is 24.5 Å². The first kappa shape index (κ1) is 38.4. The van der Waals surface area contributed by atoms with E-state index in [1.807, 2.05) is 27.7 Å². The molecule has 1 saturated heterocycles. The van der Waals surface area contributed by atoms with E-state index >= 15 is 0 Å². The van der Waals surface area contributed by atoms with Crippen molar-refractivity contribution in [2.24, 2.45) is 0 Å². The molecule has 0 bridgehead atoms. The standard InChI is InChI=1S/C41H64N4O9/c1-5-9-13-17-24-34(46)50-30-33-38(52-35(47)25-18-14-10-6-2)39(53-36(48)26-19-15-11-7-3)40(54-37(49)27-20-16-12-8-4)41(51-33)45-29-32(43-44-45)31-23-21-22-28-42-31/h21-23,28-29,33,38-41H,5-20,24-27,30H2,1-4H3/t33-,38-,39+,40-,41?/m1/s1/i24D,25D,26D,27D/t24?,25?,26?,27?,33-,38-,39+,40-,41?. The van der Waals surface area contributed by atoms with Crippen molar-refractivity contribution in [3.05, 3.63) is 30.6 Å². The number of esters is 4. The highest BCUT2D eigenvalue weighted by molar-refractivity contribution is 5.72. The molecule has 0 N–H and O–H groups in total. The zero-order valence-corrected chi connectivity index (χ0v) is 32.6. The lowest BCUT2D eigenvalue weighted by Gasteiger charge is -2.44. The van der Waals surface area contributed by atoms with E-state index in [1.54, 1.807) is 24.4 Å². The molecule has 0 saturated carbocycles. The van der Waals surface area contributed by atoms with E-state index in [4.69, 9.17) is 29.2 Å². The van der Waals surface area contributed by atoms with Crippen molar-refractivity contribution in [3.63, 3.8) is 0 Å². The minimum absolute atomic E-state index is 0.174. The molecule has 0 radical (unpaired) electrons. The van der Waals surface area contributed by atoms with Crippen molar-refractivity contribution in [1.82, 2.24) is 20.0 Å². The number of carbonyl (C=O) groups excluding carboxylic acids is 4. The molecule has 0 amide bonds. The van der Waals surface area contributed by atoms with Crippen LogP contribution in [-0.4, -0.2) is 74.9 Å². The van der Waals surface area contributed by atoms with Crippen LogP contribution in [0.3, 0.4) is 0 Å². The Bertz CT molecular complexity index is 1520. The number of hydrogen-bond acceptors (Lipinski definition) is 12. The van der Waals surface area contributed by atoms with E-state index in [2.05, 4.69) is 15.3 Å². The SMILES string of the molecule is [2H]C(CCCCC)C(=O)OC[C@H]1OC(n2cc(-c3ccccn3)nn2)[C@H](OC(=O)C([2H])CCCCC)[C@@H](OC(=O)C([2H])CCCCC)[C@@H]1OC(=O)C([2H])CCCCC. The Kier molecular flexibility index (Phi) is 18.5. The number of rotatable bonds is 27. The van der Waals surface area contributed by atoms with Crippen molar-refractivity contribution < 1.29 is 48.3 Å². The Morgan fingerprint density at radius 3 is 1.65 bits per heavy atom.